The van der Waals surface area contributed by atoms with Crippen molar-refractivity contribution in [2.75, 3.05) is 0 Å². The van der Waals surface area contributed by atoms with Gasteiger partial charge in [-0.05, 0) is 44.2 Å². The number of rotatable bonds is 2. The fourth-order valence-corrected chi connectivity index (χ4v) is 2.62. The molecule has 1 aliphatic rings. The van der Waals surface area contributed by atoms with Crippen molar-refractivity contribution in [1.29, 1.82) is 0 Å². The summed E-state index contributed by atoms with van der Waals surface area (Å²) in [6.45, 7) is 4.24. The van der Waals surface area contributed by atoms with Gasteiger partial charge >= 0.3 is 0 Å². The van der Waals surface area contributed by atoms with Crippen molar-refractivity contribution in [1.82, 2.24) is 4.98 Å². The van der Waals surface area contributed by atoms with E-state index in [1.807, 2.05) is 6.92 Å². The third-order valence-corrected chi connectivity index (χ3v) is 3.35. The second-order valence-electron chi connectivity index (χ2n) is 4.72. The van der Waals surface area contributed by atoms with E-state index in [0.717, 1.165) is 37.1 Å². The molecule has 1 aromatic rings. The maximum absolute atomic E-state index is 6.49. The molecule has 82 valence electrons. The smallest absolute Gasteiger partial charge is 0.0637 e. The Morgan fingerprint density at radius 2 is 2.27 bits per heavy atom. The molecule has 2 N–H and O–H groups in total. The zero-order valence-electron chi connectivity index (χ0n) is 9.71. The van der Waals surface area contributed by atoms with Crippen LogP contribution in [0.3, 0.4) is 0 Å². The normalized spacial score (nSPS) is 25.0. The van der Waals surface area contributed by atoms with E-state index in [0.29, 0.717) is 0 Å². The Balaban J connectivity index is 2.44. The molecule has 2 nitrogen and oxygen atoms in total. The van der Waals surface area contributed by atoms with Crippen LogP contribution in [0.25, 0.3) is 0 Å². The predicted molar refractivity (Wildman–Crippen MR) is 62.7 cm³/mol. The zero-order chi connectivity index (χ0) is 10.9. The van der Waals surface area contributed by atoms with Gasteiger partial charge in [0.15, 0.2) is 0 Å². The van der Waals surface area contributed by atoms with Crippen LogP contribution in [0, 0.1) is 6.92 Å². The van der Waals surface area contributed by atoms with Crippen LogP contribution in [-0.2, 0) is 12.0 Å². The van der Waals surface area contributed by atoms with Crippen LogP contribution >= 0.6 is 0 Å². The van der Waals surface area contributed by atoms with E-state index >= 15 is 0 Å². The number of pyridine rings is 1. The standard InChI is InChI=1S/C13H20N2/c1-3-8-13(14)9-4-5-11-7-6-10(2)15-12(11)13/h6-7H,3-5,8-9,14H2,1-2H3. The van der Waals surface area contributed by atoms with Crippen molar-refractivity contribution in [3.8, 4) is 0 Å². The molecule has 0 saturated heterocycles. The van der Waals surface area contributed by atoms with Crippen LogP contribution in [-0.4, -0.2) is 4.98 Å². The van der Waals surface area contributed by atoms with E-state index in [1.54, 1.807) is 0 Å². The first-order chi connectivity index (χ1) is 7.15. The van der Waals surface area contributed by atoms with Crippen molar-refractivity contribution in [2.45, 2.75) is 51.5 Å². The summed E-state index contributed by atoms with van der Waals surface area (Å²) in [6, 6.07) is 4.30. The van der Waals surface area contributed by atoms with Gasteiger partial charge in [-0.25, -0.2) is 0 Å². The highest BCUT2D eigenvalue weighted by atomic mass is 14.9. The minimum absolute atomic E-state index is 0.158. The van der Waals surface area contributed by atoms with Crippen molar-refractivity contribution in [2.24, 2.45) is 5.73 Å². The van der Waals surface area contributed by atoms with Gasteiger partial charge in [0.2, 0.25) is 0 Å². The molecule has 1 aromatic heterocycles. The molecule has 0 aromatic carbocycles. The summed E-state index contributed by atoms with van der Waals surface area (Å²) < 4.78 is 0. The summed E-state index contributed by atoms with van der Waals surface area (Å²) >= 11 is 0. The van der Waals surface area contributed by atoms with E-state index in [-0.39, 0.29) is 5.54 Å². The lowest BCUT2D eigenvalue weighted by Crippen LogP contribution is -2.41. The number of aryl methyl sites for hydroxylation is 2. The van der Waals surface area contributed by atoms with Crippen LogP contribution in [0.4, 0.5) is 0 Å². The van der Waals surface area contributed by atoms with Crippen LogP contribution in [0.5, 0.6) is 0 Å². The van der Waals surface area contributed by atoms with Crippen LogP contribution in [0.15, 0.2) is 12.1 Å². The average molecular weight is 204 g/mol. The van der Waals surface area contributed by atoms with Crippen molar-refractivity contribution < 1.29 is 0 Å². The molecule has 15 heavy (non-hydrogen) atoms. The number of aromatic nitrogens is 1. The maximum atomic E-state index is 6.49. The molecular weight excluding hydrogens is 184 g/mol. The van der Waals surface area contributed by atoms with Gasteiger partial charge in [-0.3, -0.25) is 4.98 Å². The third-order valence-electron chi connectivity index (χ3n) is 3.35. The first-order valence-electron chi connectivity index (χ1n) is 5.91. The Morgan fingerprint density at radius 3 is 3.00 bits per heavy atom. The maximum Gasteiger partial charge on any atom is 0.0637 e. The lowest BCUT2D eigenvalue weighted by molar-refractivity contribution is 0.331. The largest absolute Gasteiger partial charge is 0.320 e. The van der Waals surface area contributed by atoms with E-state index in [2.05, 4.69) is 24.0 Å². The molecular formula is C13H20N2. The molecule has 1 atom stereocenters. The number of hydrogen-bond acceptors (Lipinski definition) is 2. The van der Waals surface area contributed by atoms with Crippen molar-refractivity contribution >= 4 is 0 Å². The molecule has 1 aliphatic carbocycles. The molecule has 2 rings (SSSR count). The Morgan fingerprint density at radius 1 is 1.47 bits per heavy atom. The molecule has 1 unspecified atom stereocenters. The van der Waals surface area contributed by atoms with E-state index in [4.69, 9.17) is 5.73 Å². The topological polar surface area (TPSA) is 38.9 Å². The van der Waals surface area contributed by atoms with Gasteiger partial charge in [-0.15, -0.1) is 0 Å². The highest BCUT2D eigenvalue weighted by Gasteiger charge is 2.33. The summed E-state index contributed by atoms with van der Waals surface area (Å²) in [6.07, 6.45) is 5.62. The zero-order valence-corrected chi connectivity index (χ0v) is 9.71. The number of hydrogen-bond donors (Lipinski definition) is 1. The highest BCUT2D eigenvalue weighted by molar-refractivity contribution is 5.31. The molecule has 2 heteroatoms. The molecule has 0 radical (unpaired) electrons. The van der Waals surface area contributed by atoms with Gasteiger partial charge < -0.3 is 5.73 Å². The van der Waals surface area contributed by atoms with Gasteiger partial charge in [0.25, 0.3) is 0 Å². The lowest BCUT2D eigenvalue weighted by Gasteiger charge is -2.34. The first-order valence-corrected chi connectivity index (χ1v) is 5.91. The Kier molecular flexibility index (Phi) is 2.79. The SMILES string of the molecule is CCCC1(N)CCCc2ccc(C)nc21. The van der Waals surface area contributed by atoms with Crippen LogP contribution < -0.4 is 5.73 Å². The molecule has 0 amide bonds. The molecule has 0 spiro atoms. The second kappa shape index (κ2) is 3.93. The van der Waals surface area contributed by atoms with E-state index < -0.39 is 0 Å². The number of nitrogens with two attached hydrogens (primary N) is 1. The van der Waals surface area contributed by atoms with Gasteiger partial charge in [-0.2, -0.15) is 0 Å². The summed E-state index contributed by atoms with van der Waals surface area (Å²) in [5.41, 5.74) is 9.94. The molecule has 0 bridgehead atoms. The molecule has 0 aliphatic heterocycles. The molecule has 0 fully saturated rings. The minimum atomic E-state index is -0.158. The molecule has 0 saturated carbocycles. The van der Waals surface area contributed by atoms with Gasteiger partial charge in [0.05, 0.1) is 11.2 Å². The Hall–Kier alpha value is -0.890. The second-order valence-corrected chi connectivity index (χ2v) is 4.72. The Labute approximate surface area is 91.9 Å². The monoisotopic (exact) mass is 204 g/mol. The highest BCUT2D eigenvalue weighted by Crippen LogP contribution is 2.35. The van der Waals surface area contributed by atoms with Gasteiger partial charge in [0, 0.05) is 5.69 Å². The summed E-state index contributed by atoms with van der Waals surface area (Å²) in [7, 11) is 0. The van der Waals surface area contributed by atoms with Crippen LogP contribution in [0.1, 0.15) is 49.6 Å². The summed E-state index contributed by atoms with van der Waals surface area (Å²) in [5, 5.41) is 0. The summed E-state index contributed by atoms with van der Waals surface area (Å²) in [5.74, 6) is 0. The van der Waals surface area contributed by atoms with Gasteiger partial charge in [-0.1, -0.05) is 19.4 Å². The quantitative estimate of drug-likeness (QED) is 0.804. The van der Waals surface area contributed by atoms with Gasteiger partial charge in [0.1, 0.15) is 0 Å². The third kappa shape index (κ3) is 1.91. The fourth-order valence-electron chi connectivity index (χ4n) is 2.62. The number of fused-ring (bicyclic) bond motifs is 1. The fraction of sp³-hybridized carbons (Fsp3) is 0.615. The lowest BCUT2D eigenvalue weighted by atomic mass is 9.78. The molecule has 1 heterocycles. The van der Waals surface area contributed by atoms with Crippen molar-refractivity contribution in [3.05, 3.63) is 29.1 Å². The predicted octanol–water partition coefficient (Wildman–Crippen LogP) is 2.68. The average Bonchev–Trinajstić information content (AvgIpc) is 2.20. The van der Waals surface area contributed by atoms with Crippen LogP contribution in [0.2, 0.25) is 0 Å². The van der Waals surface area contributed by atoms with E-state index in [9.17, 15) is 0 Å². The first kappa shape index (κ1) is 10.6. The van der Waals surface area contributed by atoms with E-state index in [1.165, 1.54) is 12.0 Å². The minimum Gasteiger partial charge on any atom is -0.320 e. The van der Waals surface area contributed by atoms with Crippen molar-refractivity contribution in [3.63, 3.8) is 0 Å². The summed E-state index contributed by atoms with van der Waals surface area (Å²) in [4.78, 5) is 4.66. The number of nitrogens with zero attached hydrogens (tertiary/aromatic N) is 1. The Bertz CT molecular complexity index is 360.